The molecule has 1 aromatic heterocycles. The predicted molar refractivity (Wildman–Crippen MR) is 94.7 cm³/mol. The molecule has 5 heteroatoms. The number of carbonyl (C=O) groups is 1. The zero-order valence-corrected chi connectivity index (χ0v) is 14.1. The fourth-order valence-corrected chi connectivity index (χ4v) is 4.08. The van der Waals surface area contributed by atoms with Crippen LogP contribution in [-0.2, 0) is 19.3 Å². The number of aromatic nitrogens is 1. The fraction of sp³-hybridized carbons (Fsp3) is 0.400. The highest BCUT2D eigenvalue weighted by molar-refractivity contribution is 5.94. The largest absolute Gasteiger partial charge is 0.394 e. The van der Waals surface area contributed by atoms with E-state index in [1.165, 1.54) is 0 Å². The summed E-state index contributed by atoms with van der Waals surface area (Å²) < 4.78 is 0. The SMILES string of the molecule is O=C(c1cc2c([nH]c1=O)CCCC2)N1CCc2ccccc2[C@H]1CO. The van der Waals surface area contributed by atoms with Gasteiger partial charge >= 0.3 is 0 Å². The lowest BCUT2D eigenvalue weighted by Crippen LogP contribution is -2.43. The Morgan fingerprint density at radius 2 is 1.96 bits per heavy atom. The Labute approximate surface area is 146 Å². The lowest BCUT2D eigenvalue weighted by Gasteiger charge is -2.36. The van der Waals surface area contributed by atoms with Crippen LogP contribution in [0.3, 0.4) is 0 Å². The van der Waals surface area contributed by atoms with Crippen molar-refractivity contribution in [2.45, 2.75) is 38.1 Å². The molecule has 130 valence electrons. The molecule has 4 rings (SSSR count). The van der Waals surface area contributed by atoms with Crippen LogP contribution in [0.25, 0.3) is 0 Å². The highest BCUT2D eigenvalue weighted by Gasteiger charge is 2.32. The van der Waals surface area contributed by atoms with Crippen LogP contribution in [0.1, 0.15) is 51.6 Å². The third-order valence-electron chi connectivity index (χ3n) is 5.41. The number of H-pyrrole nitrogens is 1. The number of aliphatic hydroxyl groups is 1. The molecule has 0 radical (unpaired) electrons. The van der Waals surface area contributed by atoms with E-state index >= 15 is 0 Å². The summed E-state index contributed by atoms with van der Waals surface area (Å²) in [5, 5.41) is 9.89. The van der Waals surface area contributed by atoms with E-state index in [2.05, 4.69) is 4.98 Å². The summed E-state index contributed by atoms with van der Waals surface area (Å²) >= 11 is 0. The highest BCUT2D eigenvalue weighted by atomic mass is 16.3. The maximum Gasteiger partial charge on any atom is 0.261 e. The molecule has 0 bridgehead atoms. The van der Waals surface area contributed by atoms with Gasteiger partial charge in [0.05, 0.1) is 12.6 Å². The van der Waals surface area contributed by atoms with Gasteiger partial charge in [0.25, 0.3) is 11.5 Å². The van der Waals surface area contributed by atoms with E-state index in [-0.39, 0.29) is 23.6 Å². The summed E-state index contributed by atoms with van der Waals surface area (Å²) in [5.74, 6) is -0.289. The van der Waals surface area contributed by atoms with Gasteiger partial charge in [-0.25, -0.2) is 0 Å². The third kappa shape index (κ3) is 2.78. The number of aliphatic hydroxyl groups excluding tert-OH is 1. The number of pyridine rings is 1. The molecule has 1 amide bonds. The number of rotatable bonds is 2. The summed E-state index contributed by atoms with van der Waals surface area (Å²) in [4.78, 5) is 30.1. The van der Waals surface area contributed by atoms with Crippen LogP contribution in [0.4, 0.5) is 0 Å². The van der Waals surface area contributed by atoms with Crippen LogP contribution in [0.2, 0.25) is 0 Å². The van der Waals surface area contributed by atoms with Gasteiger partial charge in [0.2, 0.25) is 0 Å². The molecule has 0 unspecified atom stereocenters. The van der Waals surface area contributed by atoms with Crippen molar-refractivity contribution in [2.24, 2.45) is 0 Å². The number of nitrogens with one attached hydrogen (secondary N) is 1. The molecule has 1 aliphatic carbocycles. The van der Waals surface area contributed by atoms with Crippen LogP contribution in [0, 0.1) is 0 Å². The molecule has 0 fully saturated rings. The molecule has 2 heterocycles. The normalized spacial score (nSPS) is 19.2. The third-order valence-corrected chi connectivity index (χ3v) is 5.41. The first-order valence-electron chi connectivity index (χ1n) is 8.93. The van der Waals surface area contributed by atoms with Crippen LogP contribution < -0.4 is 5.56 Å². The minimum atomic E-state index is -0.395. The zero-order valence-electron chi connectivity index (χ0n) is 14.1. The van der Waals surface area contributed by atoms with Crippen molar-refractivity contribution >= 4 is 5.91 Å². The van der Waals surface area contributed by atoms with Gasteiger partial charge in [0.1, 0.15) is 5.56 Å². The smallest absolute Gasteiger partial charge is 0.261 e. The summed E-state index contributed by atoms with van der Waals surface area (Å²) in [7, 11) is 0. The van der Waals surface area contributed by atoms with Gasteiger partial charge in [-0.2, -0.15) is 0 Å². The maximum atomic E-state index is 13.1. The molecule has 1 aromatic carbocycles. The Balaban J connectivity index is 1.71. The number of aromatic amines is 1. The molecule has 25 heavy (non-hydrogen) atoms. The van der Waals surface area contributed by atoms with E-state index in [0.717, 1.165) is 54.5 Å². The number of aryl methyl sites for hydroxylation is 2. The van der Waals surface area contributed by atoms with E-state index < -0.39 is 6.04 Å². The van der Waals surface area contributed by atoms with E-state index in [9.17, 15) is 14.7 Å². The van der Waals surface area contributed by atoms with Crippen molar-refractivity contribution in [2.75, 3.05) is 13.2 Å². The summed E-state index contributed by atoms with van der Waals surface area (Å²) in [6.45, 7) is 0.364. The van der Waals surface area contributed by atoms with E-state index in [1.807, 2.05) is 24.3 Å². The first kappa shape index (κ1) is 16.1. The second kappa shape index (κ2) is 6.48. The predicted octanol–water partition coefficient (Wildman–Crippen LogP) is 1.99. The van der Waals surface area contributed by atoms with E-state index in [1.54, 1.807) is 11.0 Å². The Morgan fingerprint density at radius 3 is 2.80 bits per heavy atom. The van der Waals surface area contributed by atoms with Gasteiger partial charge in [-0.05, 0) is 54.9 Å². The quantitative estimate of drug-likeness (QED) is 0.879. The Morgan fingerprint density at radius 1 is 1.16 bits per heavy atom. The van der Waals surface area contributed by atoms with E-state index in [0.29, 0.717) is 6.54 Å². The van der Waals surface area contributed by atoms with Crippen molar-refractivity contribution in [3.05, 3.63) is 68.6 Å². The Hall–Kier alpha value is -2.40. The number of nitrogens with zero attached hydrogens (tertiary/aromatic N) is 1. The lowest BCUT2D eigenvalue weighted by molar-refractivity contribution is 0.0566. The van der Waals surface area contributed by atoms with Crippen LogP contribution in [0.15, 0.2) is 35.1 Å². The average Bonchev–Trinajstić information content (AvgIpc) is 2.66. The Kier molecular flexibility index (Phi) is 4.17. The first-order valence-corrected chi connectivity index (χ1v) is 8.93. The van der Waals surface area contributed by atoms with Crippen LogP contribution >= 0.6 is 0 Å². The minimum Gasteiger partial charge on any atom is -0.394 e. The molecule has 0 spiro atoms. The molecule has 1 aliphatic heterocycles. The van der Waals surface area contributed by atoms with Gasteiger partial charge in [-0.1, -0.05) is 24.3 Å². The van der Waals surface area contributed by atoms with Crippen LogP contribution in [-0.4, -0.2) is 34.0 Å². The molecule has 5 nitrogen and oxygen atoms in total. The van der Waals surface area contributed by atoms with Crippen LogP contribution in [0.5, 0.6) is 0 Å². The molecule has 2 N–H and O–H groups in total. The van der Waals surface area contributed by atoms with Gasteiger partial charge in [0.15, 0.2) is 0 Å². The number of fused-ring (bicyclic) bond motifs is 2. The summed E-state index contributed by atoms with van der Waals surface area (Å²) in [6, 6.07) is 9.25. The average molecular weight is 338 g/mol. The Bertz CT molecular complexity index is 871. The van der Waals surface area contributed by atoms with Crippen molar-refractivity contribution in [1.29, 1.82) is 0 Å². The van der Waals surface area contributed by atoms with Crippen molar-refractivity contribution in [3.8, 4) is 0 Å². The van der Waals surface area contributed by atoms with Gasteiger partial charge < -0.3 is 15.0 Å². The number of carbonyl (C=O) groups excluding carboxylic acids is 1. The molecule has 1 atom stereocenters. The fourth-order valence-electron chi connectivity index (χ4n) is 4.08. The minimum absolute atomic E-state index is 0.147. The summed E-state index contributed by atoms with van der Waals surface area (Å²) in [6.07, 6.45) is 4.67. The van der Waals surface area contributed by atoms with Crippen molar-refractivity contribution < 1.29 is 9.90 Å². The molecule has 2 aromatic rings. The molecule has 0 saturated heterocycles. The number of amides is 1. The van der Waals surface area contributed by atoms with Gasteiger partial charge in [0, 0.05) is 12.2 Å². The lowest BCUT2D eigenvalue weighted by atomic mass is 9.91. The molecular formula is C20H22N2O3. The first-order chi connectivity index (χ1) is 12.2. The van der Waals surface area contributed by atoms with E-state index in [4.69, 9.17) is 0 Å². The molecule has 0 saturated carbocycles. The monoisotopic (exact) mass is 338 g/mol. The highest BCUT2D eigenvalue weighted by Crippen LogP contribution is 2.30. The number of benzene rings is 1. The molecular weight excluding hydrogens is 316 g/mol. The summed E-state index contributed by atoms with van der Waals surface area (Å²) in [5.41, 5.74) is 4.05. The maximum absolute atomic E-state index is 13.1. The molecule has 2 aliphatic rings. The second-order valence-corrected chi connectivity index (χ2v) is 6.87. The standard InChI is InChI=1S/C20H22N2O3/c23-12-18-15-7-3-1-5-13(15)9-10-22(18)20(25)16-11-14-6-2-4-8-17(14)21-19(16)24/h1,3,5,7,11,18,23H,2,4,6,8-10,12H2,(H,21,24)/t18-/m1/s1. The number of hydrogen-bond acceptors (Lipinski definition) is 3. The van der Waals surface area contributed by atoms with Gasteiger partial charge in [-0.15, -0.1) is 0 Å². The zero-order chi connectivity index (χ0) is 17.4. The topological polar surface area (TPSA) is 73.4 Å². The van der Waals surface area contributed by atoms with Crippen molar-refractivity contribution in [1.82, 2.24) is 9.88 Å². The van der Waals surface area contributed by atoms with Crippen molar-refractivity contribution in [3.63, 3.8) is 0 Å². The van der Waals surface area contributed by atoms with Gasteiger partial charge in [-0.3, -0.25) is 9.59 Å². The number of hydrogen-bond donors (Lipinski definition) is 2. The second-order valence-electron chi connectivity index (χ2n) is 6.87.